The molecule has 0 spiro atoms. The number of nitrogens with zero attached hydrogens (tertiary/aromatic N) is 1. The molecule has 0 aliphatic heterocycles. The van der Waals surface area contributed by atoms with Crippen LogP contribution in [0.15, 0.2) is 5.38 Å². The summed E-state index contributed by atoms with van der Waals surface area (Å²) in [5.74, 6) is 2.56. The largest absolute Gasteiger partial charge is 0.355 e. The second-order valence-electron chi connectivity index (χ2n) is 9.56. The molecule has 1 aromatic heterocycles. The normalized spacial score (nSPS) is 30.4. The average molecular weight is 404 g/mol. The van der Waals surface area contributed by atoms with Gasteiger partial charge < -0.3 is 10.6 Å². The minimum atomic E-state index is -0.0797. The zero-order chi connectivity index (χ0) is 19.6. The fourth-order valence-corrected chi connectivity index (χ4v) is 7.12. The second-order valence-corrected chi connectivity index (χ2v) is 10.5. The van der Waals surface area contributed by atoms with Crippen molar-refractivity contribution >= 4 is 23.2 Å². The van der Waals surface area contributed by atoms with Crippen LogP contribution in [0.4, 0.5) is 0 Å². The van der Waals surface area contributed by atoms with E-state index < -0.39 is 0 Å². The molecule has 0 radical (unpaired) electrons. The van der Waals surface area contributed by atoms with E-state index in [0.29, 0.717) is 13.0 Å². The summed E-state index contributed by atoms with van der Waals surface area (Å²) in [6.07, 6.45) is 11.4. The quantitative estimate of drug-likeness (QED) is 0.619. The maximum absolute atomic E-state index is 12.5. The molecule has 28 heavy (non-hydrogen) atoms. The maximum atomic E-state index is 12.5. The Balaban J connectivity index is 1.10. The molecule has 0 unspecified atom stereocenters. The molecular formula is C22H33N3O2S. The molecule has 2 amide bonds. The molecular weight excluding hydrogens is 370 g/mol. The Morgan fingerprint density at radius 1 is 1.07 bits per heavy atom. The lowest BCUT2D eigenvalue weighted by Gasteiger charge is -2.56. The Bertz CT molecular complexity index is 679. The van der Waals surface area contributed by atoms with Gasteiger partial charge in [0.15, 0.2) is 0 Å². The van der Waals surface area contributed by atoms with Crippen LogP contribution in [-0.2, 0) is 16.0 Å². The van der Waals surface area contributed by atoms with E-state index in [1.165, 1.54) is 43.5 Å². The summed E-state index contributed by atoms with van der Waals surface area (Å²) in [5.41, 5.74) is 1.32. The summed E-state index contributed by atoms with van der Waals surface area (Å²) < 4.78 is 0. The number of aryl methyl sites for hydroxylation is 2. The molecule has 4 fully saturated rings. The Morgan fingerprint density at radius 3 is 2.36 bits per heavy atom. The molecule has 2 N–H and O–H groups in total. The van der Waals surface area contributed by atoms with E-state index in [1.54, 1.807) is 11.3 Å². The molecule has 154 valence electrons. The van der Waals surface area contributed by atoms with Gasteiger partial charge in [-0.15, -0.1) is 11.3 Å². The summed E-state index contributed by atoms with van der Waals surface area (Å²) in [6.45, 7) is 2.78. The average Bonchev–Trinajstić information content (AvgIpc) is 3.03. The van der Waals surface area contributed by atoms with Gasteiger partial charge in [0.1, 0.15) is 0 Å². The van der Waals surface area contributed by atoms with Crippen LogP contribution in [0.5, 0.6) is 0 Å². The number of amides is 2. The van der Waals surface area contributed by atoms with Gasteiger partial charge in [0.2, 0.25) is 11.8 Å². The maximum Gasteiger partial charge on any atom is 0.239 e. The number of rotatable bonds is 9. The van der Waals surface area contributed by atoms with Gasteiger partial charge in [0.25, 0.3) is 0 Å². The molecule has 0 aromatic carbocycles. The first-order valence-corrected chi connectivity index (χ1v) is 11.8. The molecule has 4 aliphatic carbocycles. The minimum Gasteiger partial charge on any atom is -0.355 e. The van der Waals surface area contributed by atoms with Crippen molar-refractivity contribution in [2.45, 2.75) is 71.1 Å². The fourth-order valence-electron chi connectivity index (χ4n) is 6.30. The van der Waals surface area contributed by atoms with Crippen molar-refractivity contribution in [3.05, 3.63) is 16.1 Å². The van der Waals surface area contributed by atoms with Crippen molar-refractivity contribution in [2.24, 2.45) is 23.2 Å². The molecule has 0 saturated heterocycles. The predicted octanol–water partition coefficient (Wildman–Crippen LogP) is 3.61. The Kier molecular flexibility index (Phi) is 6.04. The zero-order valence-electron chi connectivity index (χ0n) is 17.0. The van der Waals surface area contributed by atoms with Crippen molar-refractivity contribution in [1.29, 1.82) is 0 Å². The van der Waals surface area contributed by atoms with Crippen LogP contribution in [0.1, 0.15) is 68.5 Å². The number of unbranched alkanes of at least 4 members (excludes halogenated alkanes) is 1. The third-order valence-electron chi connectivity index (χ3n) is 6.95. The van der Waals surface area contributed by atoms with Gasteiger partial charge >= 0.3 is 0 Å². The van der Waals surface area contributed by atoms with Gasteiger partial charge in [-0.05, 0) is 87.9 Å². The zero-order valence-corrected chi connectivity index (χ0v) is 17.8. The second kappa shape index (κ2) is 8.52. The van der Waals surface area contributed by atoms with Gasteiger partial charge in [-0.25, -0.2) is 4.98 Å². The van der Waals surface area contributed by atoms with E-state index >= 15 is 0 Å². The number of hydrogen-bond donors (Lipinski definition) is 2. The number of carbonyl (C=O) groups is 2. The van der Waals surface area contributed by atoms with E-state index in [0.717, 1.165) is 42.7 Å². The third-order valence-corrected chi connectivity index (χ3v) is 7.98. The van der Waals surface area contributed by atoms with Crippen LogP contribution < -0.4 is 10.6 Å². The summed E-state index contributed by atoms with van der Waals surface area (Å²) in [6, 6.07) is 0. The smallest absolute Gasteiger partial charge is 0.239 e. The highest BCUT2D eigenvalue weighted by Crippen LogP contribution is 2.61. The van der Waals surface area contributed by atoms with Gasteiger partial charge in [-0.2, -0.15) is 0 Å². The monoisotopic (exact) mass is 403 g/mol. The van der Waals surface area contributed by atoms with Gasteiger partial charge in [0, 0.05) is 24.0 Å². The first-order chi connectivity index (χ1) is 13.5. The molecule has 4 saturated carbocycles. The molecule has 6 heteroatoms. The van der Waals surface area contributed by atoms with Crippen molar-refractivity contribution in [3.63, 3.8) is 0 Å². The number of carbonyl (C=O) groups excluding carboxylic acids is 2. The molecule has 5 nitrogen and oxygen atoms in total. The van der Waals surface area contributed by atoms with E-state index in [2.05, 4.69) is 21.0 Å². The highest BCUT2D eigenvalue weighted by Gasteiger charge is 2.51. The van der Waals surface area contributed by atoms with Gasteiger partial charge in [0.05, 0.1) is 11.6 Å². The van der Waals surface area contributed by atoms with Crippen molar-refractivity contribution in [1.82, 2.24) is 15.6 Å². The molecule has 1 heterocycles. The van der Waals surface area contributed by atoms with Crippen molar-refractivity contribution < 1.29 is 9.59 Å². The van der Waals surface area contributed by atoms with E-state index in [4.69, 9.17) is 0 Å². The van der Waals surface area contributed by atoms with Crippen LogP contribution in [-0.4, -0.2) is 29.9 Å². The topological polar surface area (TPSA) is 71.1 Å². The Morgan fingerprint density at radius 2 is 1.75 bits per heavy atom. The van der Waals surface area contributed by atoms with Crippen LogP contribution >= 0.6 is 11.3 Å². The number of nitrogens with one attached hydrogen (secondary N) is 2. The Labute approximate surface area is 172 Å². The molecule has 4 aliphatic rings. The summed E-state index contributed by atoms with van der Waals surface area (Å²) in [7, 11) is 0. The van der Waals surface area contributed by atoms with E-state index in [9.17, 15) is 9.59 Å². The number of aromatic nitrogens is 1. The van der Waals surface area contributed by atoms with Gasteiger partial charge in [-0.3, -0.25) is 9.59 Å². The molecule has 0 atom stereocenters. The lowest BCUT2D eigenvalue weighted by atomic mass is 9.49. The minimum absolute atomic E-state index is 0.0660. The summed E-state index contributed by atoms with van der Waals surface area (Å²) >= 11 is 1.70. The van der Waals surface area contributed by atoms with Crippen LogP contribution in [0.2, 0.25) is 0 Å². The van der Waals surface area contributed by atoms with Crippen molar-refractivity contribution in [3.8, 4) is 0 Å². The third kappa shape index (κ3) is 4.94. The number of thiazole rings is 1. The highest BCUT2D eigenvalue weighted by molar-refractivity contribution is 7.09. The van der Waals surface area contributed by atoms with Crippen LogP contribution in [0.3, 0.4) is 0 Å². The standard InChI is InChI=1S/C22H33N3O2S/c1-15-14-28-21(25-15)4-2-3-5-23-20(27)13-24-19(26)12-22-9-16-6-17(10-22)8-18(7-16)11-22/h14,16-18H,2-13H2,1H3,(H,23,27)(H,24,26). The number of hydrogen-bond acceptors (Lipinski definition) is 4. The van der Waals surface area contributed by atoms with E-state index in [-0.39, 0.29) is 23.8 Å². The SMILES string of the molecule is Cc1csc(CCCCNC(=O)CNC(=O)CC23CC4CC(CC(C4)C2)C3)n1. The molecule has 1 aromatic rings. The first kappa shape index (κ1) is 19.9. The summed E-state index contributed by atoms with van der Waals surface area (Å²) in [4.78, 5) is 28.9. The lowest BCUT2D eigenvalue weighted by Crippen LogP contribution is -2.48. The van der Waals surface area contributed by atoms with Crippen LogP contribution in [0, 0.1) is 30.1 Å². The van der Waals surface area contributed by atoms with E-state index in [1.807, 2.05) is 6.92 Å². The molecule has 5 rings (SSSR count). The highest BCUT2D eigenvalue weighted by atomic mass is 32.1. The van der Waals surface area contributed by atoms with Crippen molar-refractivity contribution in [2.75, 3.05) is 13.1 Å². The Hall–Kier alpha value is -1.43. The lowest BCUT2D eigenvalue weighted by molar-refractivity contribution is -0.131. The predicted molar refractivity (Wildman–Crippen MR) is 111 cm³/mol. The summed E-state index contributed by atoms with van der Waals surface area (Å²) in [5, 5.41) is 9.03. The molecule has 4 bridgehead atoms. The fraction of sp³-hybridized carbons (Fsp3) is 0.773. The van der Waals surface area contributed by atoms with Crippen LogP contribution in [0.25, 0.3) is 0 Å². The van der Waals surface area contributed by atoms with Gasteiger partial charge in [-0.1, -0.05) is 0 Å². The first-order valence-electron chi connectivity index (χ1n) is 10.9.